The average molecular weight is 349 g/mol. The first-order chi connectivity index (χ1) is 11.9. The minimum atomic E-state index is -0.711. The maximum absolute atomic E-state index is 12.4. The minimum absolute atomic E-state index is 0.0579. The van der Waals surface area contributed by atoms with Gasteiger partial charge < -0.3 is 25.4 Å². The smallest absolute Gasteiger partial charge is 0.240 e. The molecule has 0 radical (unpaired) electrons. The summed E-state index contributed by atoms with van der Waals surface area (Å²) in [4.78, 5) is 14.5. The Labute approximate surface area is 150 Å². The van der Waals surface area contributed by atoms with Crippen molar-refractivity contribution in [2.24, 2.45) is 5.73 Å². The van der Waals surface area contributed by atoms with Crippen molar-refractivity contribution in [3.8, 4) is 11.5 Å². The molecule has 1 aliphatic rings. The average Bonchev–Trinajstić information content (AvgIpc) is 2.60. The number of rotatable bonds is 8. The first-order valence-corrected chi connectivity index (χ1v) is 8.96. The van der Waals surface area contributed by atoms with Crippen LogP contribution in [0.15, 0.2) is 18.2 Å². The highest BCUT2D eigenvalue weighted by molar-refractivity contribution is 5.86. The molecule has 1 aromatic rings. The number of hydrogen-bond acceptors (Lipinski definition) is 5. The summed E-state index contributed by atoms with van der Waals surface area (Å²) in [5.74, 6) is 1.32. The van der Waals surface area contributed by atoms with Crippen LogP contribution in [0.1, 0.15) is 37.7 Å². The van der Waals surface area contributed by atoms with Gasteiger partial charge in [0.2, 0.25) is 5.91 Å². The highest BCUT2D eigenvalue weighted by Gasteiger charge is 2.34. The number of nitrogens with one attached hydrogen (secondary N) is 1. The Morgan fingerprint density at radius 1 is 1.24 bits per heavy atom. The third kappa shape index (κ3) is 5.61. The summed E-state index contributed by atoms with van der Waals surface area (Å²) >= 11 is 0. The number of hydrogen-bond donors (Lipinski definition) is 2. The summed E-state index contributed by atoms with van der Waals surface area (Å²) in [6.07, 6.45) is 4.74. The predicted molar refractivity (Wildman–Crippen MR) is 98.9 cm³/mol. The largest absolute Gasteiger partial charge is 0.493 e. The second-order valence-electron chi connectivity index (χ2n) is 7.04. The van der Waals surface area contributed by atoms with Crippen molar-refractivity contribution in [2.75, 3.05) is 34.4 Å². The van der Waals surface area contributed by atoms with Crippen molar-refractivity contribution < 1.29 is 14.3 Å². The number of ether oxygens (including phenoxy) is 2. The van der Waals surface area contributed by atoms with E-state index in [1.54, 1.807) is 7.11 Å². The van der Waals surface area contributed by atoms with Crippen LogP contribution in [0.25, 0.3) is 0 Å². The fourth-order valence-corrected chi connectivity index (χ4v) is 3.05. The minimum Gasteiger partial charge on any atom is -0.493 e. The maximum atomic E-state index is 12.4. The topological polar surface area (TPSA) is 76.8 Å². The van der Waals surface area contributed by atoms with E-state index in [0.29, 0.717) is 24.7 Å². The fraction of sp³-hybridized carbons (Fsp3) is 0.632. The van der Waals surface area contributed by atoms with Gasteiger partial charge in [0.15, 0.2) is 11.5 Å². The molecule has 0 aliphatic heterocycles. The molecule has 2 rings (SSSR count). The lowest BCUT2D eigenvalue weighted by atomic mass is 9.82. The predicted octanol–water partition coefficient (Wildman–Crippen LogP) is 1.91. The van der Waals surface area contributed by atoms with Gasteiger partial charge in [0.05, 0.1) is 12.6 Å². The number of nitrogens with two attached hydrogens (primary N) is 1. The van der Waals surface area contributed by atoms with Gasteiger partial charge in [-0.15, -0.1) is 0 Å². The number of methoxy groups -OCH3 is 1. The van der Waals surface area contributed by atoms with Crippen molar-refractivity contribution in [3.05, 3.63) is 23.8 Å². The Kier molecular flexibility index (Phi) is 7.08. The molecule has 1 amide bonds. The van der Waals surface area contributed by atoms with Crippen LogP contribution in [0.3, 0.4) is 0 Å². The van der Waals surface area contributed by atoms with Gasteiger partial charge in [-0.2, -0.15) is 0 Å². The van der Waals surface area contributed by atoms with Crippen LogP contribution in [0.4, 0.5) is 0 Å². The molecule has 0 spiro atoms. The quantitative estimate of drug-likeness (QED) is 0.750. The van der Waals surface area contributed by atoms with Crippen LogP contribution in [0.2, 0.25) is 0 Å². The van der Waals surface area contributed by atoms with Crippen LogP contribution in [-0.4, -0.2) is 50.7 Å². The third-order valence-corrected chi connectivity index (χ3v) is 4.68. The molecular formula is C19H31N3O3. The van der Waals surface area contributed by atoms with Gasteiger partial charge in [0, 0.05) is 13.1 Å². The van der Waals surface area contributed by atoms with Gasteiger partial charge in [-0.05, 0) is 44.6 Å². The maximum Gasteiger partial charge on any atom is 0.240 e. The number of benzene rings is 1. The first kappa shape index (κ1) is 19.5. The van der Waals surface area contributed by atoms with E-state index in [1.807, 2.05) is 32.3 Å². The van der Waals surface area contributed by atoms with Crippen LogP contribution < -0.4 is 20.5 Å². The lowest BCUT2D eigenvalue weighted by Gasteiger charge is -2.31. The molecule has 1 aromatic carbocycles. The summed E-state index contributed by atoms with van der Waals surface area (Å²) in [6, 6.07) is 5.72. The summed E-state index contributed by atoms with van der Waals surface area (Å²) in [5, 5.41) is 2.97. The Bertz CT molecular complexity index is 569. The van der Waals surface area contributed by atoms with Crippen molar-refractivity contribution in [2.45, 2.75) is 44.2 Å². The number of carbonyl (C=O) groups is 1. The van der Waals surface area contributed by atoms with Crippen LogP contribution in [0.5, 0.6) is 11.5 Å². The molecule has 0 atom stereocenters. The van der Waals surface area contributed by atoms with E-state index in [2.05, 4.69) is 10.2 Å². The van der Waals surface area contributed by atoms with E-state index in [-0.39, 0.29) is 5.91 Å². The Morgan fingerprint density at radius 3 is 2.60 bits per heavy atom. The van der Waals surface area contributed by atoms with E-state index >= 15 is 0 Å². The monoisotopic (exact) mass is 349 g/mol. The lowest BCUT2D eigenvalue weighted by Crippen LogP contribution is -2.54. The van der Waals surface area contributed by atoms with Crippen LogP contribution in [0, 0.1) is 0 Å². The fourth-order valence-electron chi connectivity index (χ4n) is 3.05. The molecule has 0 saturated heterocycles. The summed E-state index contributed by atoms with van der Waals surface area (Å²) < 4.78 is 11.2. The van der Waals surface area contributed by atoms with Gasteiger partial charge in [-0.1, -0.05) is 25.3 Å². The van der Waals surface area contributed by atoms with Crippen molar-refractivity contribution in [3.63, 3.8) is 0 Å². The molecule has 25 heavy (non-hydrogen) atoms. The Hall–Kier alpha value is -1.79. The molecule has 1 saturated carbocycles. The van der Waals surface area contributed by atoms with Crippen LogP contribution >= 0.6 is 0 Å². The number of amides is 1. The molecule has 6 nitrogen and oxygen atoms in total. The van der Waals surface area contributed by atoms with Crippen molar-refractivity contribution in [1.82, 2.24) is 10.2 Å². The van der Waals surface area contributed by atoms with Gasteiger partial charge >= 0.3 is 0 Å². The summed E-state index contributed by atoms with van der Waals surface area (Å²) in [6.45, 7) is 1.86. The highest BCUT2D eigenvalue weighted by atomic mass is 16.5. The number of likely N-dealkylation sites (N-methyl/N-ethyl adjacent to an activating group) is 1. The second-order valence-corrected chi connectivity index (χ2v) is 7.04. The molecule has 0 heterocycles. The number of carbonyl (C=O) groups excluding carboxylic acids is 1. The van der Waals surface area contributed by atoms with Gasteiger partial charge in [0.1, 0.15) is 6.61 Å². The van der Waals surface area contributed by atoms with E-state index in [1.165, 1.54) is 6.42 Å². The molecule has 0 aromatic heterocycles. The second kappa shape index (κ2) is 9.06. The molecule has 1 fully saturated rings. The zero-order valence-electron chi connectivity index (χ0n) is 15.6. The van der Waals surface area contributed by atoms with Gasteiger partial charge in [-0.25, -0.2) is 0 Å². The Morgan fingerprint density at radius 2 is 1.96 bits per heavy atom. The molecule has 1 aliphatic carbocycles. The normalized spacial score (nSPS) is 16.5. The van der Waals surface area contributed by atoms with Crippen LogP contribution in [-0.2, 0) is 11.3 Å². The SMILES string of the molecule is COc1cc(CNC(=O)C2(N)CCCCC2)ccc1OCCN(C)C. The molecular weight excluding hydrogens is 318 g/mol. The van der Waals surface area contributed by atoms with Gasteiger partial charge in [-0.3, -0.25) is 4.79 Å². The molecule has 6 heteroatoms. The zero-order chi connectivity index (χ0) is 18.3. The van der Waals surface area contributed by atoms with Crippen molar-refractivity contribution in [1.29, 1.82) is 0 Å². The summed E-state index contributed by atoms with van der Waals surface area (Å²) in [7, 11) is 5.62. The van der Waals surface area contributed by atoms with E-state index in [9.17, 15) is 4.79 Å². The van der Waals surface area contributed by atoms with E-state index in [0.717, 1.165) is 37.8 Å². The number of nitrogens with zero attached hydrogens (tertiary/aromatic N) is 1. The first-order valence-electron chi connectivity index (χ1n) is 8.96. The van der Waals surface area contributed by atoms with E-state index < -0.39 is 5.54 Å². The Balaban J connectivity index is 1.92. The van der Waals surface area contributed by atoms with E-state index in [4.69, 9.17) is 15.2 Å². The zero-order valence-corrected chi connectivity index (χ0v) is 15.6. The highest BCUT2D eigenvalue weighted by Crippen LogP contribution is 2.29. The van der Waals surface area contributed by atoms with Gasteiger partial charge in [0.25, 0.3) is 0 Å². The molecule has 0 bridgehead atoms. The summed E-state index contributed by atoms with van der Waals surface area (Å²) in [5.41, 5.74) is 6.52. The standard InChI is InChI=1S/C19H31N3O3/c1-22(2)11-12-25-16-8-7-15(13-17(16)24-3)14-21-18(23)19(20)9-5-4-6-10-19/h7-8,13H,4-6,9-12,14,20H2,1-3H3,(H,21,23). The third-order valence-electron chi connectivity index (χ3n) is 4.68. The molecule has 0 unspecified atom stereocenters. The van der Waals surface area contributed by atoms with Crippen molar-refractivity contribution >= 4 is 5.91 Å². The lowest BCUT2D eigenvalue weighted by molar-refractivity contribution is -0.127. The molecule has 3 N–H and O–H groups in total. The molecule has 140 valence electrons.